The van der Waals surface area contributed by atoms with Crippen molar-refractivity contribution in [2.45, 2.75) is 6.61 Å². The fourth-order valence-corrected chi connectivity index (χ4v) is 2.64. The first kappa shape index (κ1) is 19.9. The van der Waals surface area contributed by atoms with Crippen LogP contribution in [0.1, 0.15) is 20.7 Å². The molecule has 0 aliphatic carbocycles. The molecule has 3 aromatic rings. The number of halogens is 2. The lowest BCUT2D eigenvalue weighted by atomic mass is 10.1. The monoisotopic (exact) mass is 401 g/mol. The third-order valence-electron chi connectivity index (χ3n) is 3.96. The molecule has 2 aromatic carbocycles. The first-order valence-electron chi connectivity index (χ1n) is 8.45. The zero-order valence-electron chi connectivity index (χ0n) is 15.3. The molecule has 0 bridgehead atoms. The molecule has 150 valence electrons. The van der Waals surface area contributed by atoms with Gasteiger partial charge in [0.05, 0.1) is 18.4 Å². The molecular weight excluding hydrogens is 384 g/mol. The number of para-hydroxylation sites is 1. The third kappa shape index (κ3) is 4.70. The molecular formula is C20H17F2N3O4. The molecule has 0 atom stereocenters. The first-order valence-corrected chi connectivity index (χ1v) is 8.45. The number of aromatic nitrogens is 1. The van der Waals surface area contributed by atoms with Gasteiger partial charge < -0.3 is 14.0 Å². The number of benzene rings is 2. The van der Waals surface area contributed by atoms with Gasteiger partial charge in [-0.2, -0.15) is 8.78 Å². The average Bonchev–Trinajstić information content (AvgIpc) is 3.26. The number of alkyl halides is 2. The smallest absolute Gasteiger partial charge is 0.387 e. The molecule has 9 heteroatoms. The van der Waals surface area contributed by atoms with Crippen molar-refractivity contribution in [3.63, 3.8) is 0 Å². The Morgan fingerprint density at radius 2 is 1.62 bits per heavy atom. The highest BCUT2D eigenvalue weighted by Crippen LogP contribution is 2.29. The van der Waals surface area contributed by atoms with Crippen LogP contribution >= 0.6 is 0 Å². The lowest BCUT2D eigenvalue weighted by Gasteiger charge is -2.13. The van der Waals surface area contributed by atoms with Gasteiger partial charge in [0, 0.05) is 18.0 Å². The highest BCUT2D eigenvalue weighted by Gasteiger charge is 2.16. The van der Waals surface area contributed by atoms with Gasteiger partial charge in [-0.05, 0) is 42.5 Å². The lowest BCUT2D eigenvalue weighted by molar-refractivity contribution is -0.0512. The third-order valence-corrected chi connectivity index (χ3v) is 3.96. The Kier molecular flexibility index (Phi) is 6.08. The second-order valence-electron chi connectivity index (χ2n) is 5.76. The molecule has 1 aromatic heterocycles. The van der Waals surface area contributed by atoms with Gasteiger partial charge in [-0.3, -0.25) is 20.4 Å². The maximum atomic E-state index is 12.5. The van der Waals surface area contributed by atoms with E-state index in [4.69, 9.17) is 4.74 Å². The predicted octanol–water partition coefficient (Wildman–Crippen LogP) is 3.16. The normalized spacial score (nSPS) is 10.5. The van der Waals surface area contributed by atoms with Crippen molar-refractivity contribution in [2.75, 3.05) is 7.11 Å². The molecule has 0 aliphatic heterocycles. The molecule has 0 fully saturated rings. The molecule has 2 amide bonds. The van der Waals surface area contributed by atoms with Gasteiger partial charge in [0.25, 0.3) is 11.8 Å². The van der Waals surface area contributed by atoms with E-state index < -0.39 is 18.4 Å². The molecule has 29 heavy (non-hydrogen) atoms. The maximum Gasteiger partial charge on any atom is 0.387 e. The Morgan fingerprint density at radius 1 is 0.931 bits per heavy atom. The van der Waals surface area contributed by atoms with E-state index in [-0.39, 0.29) is 17.1 Å². The van der Waals surface area contributed by atoms with Gasteiger partial charge in [-0.1, -0.05) is 12.1 Å². The minimum atomic E-state index is -3.02. The zero-order chi connectivity index (χ0) is 20.8. The van der Waals surface area contributed by atoms with E-state index in [2.05, 4.69) is 15.6 Å². The van der Waals surface area contributed by atoms with Crippen molar-refractivity contribution >= 4 is 11.8 Å². The number of hydrogen-bond donors (Lipinski definition) is 2. The number of hydrazine groups is 1. The summed E-state index contributed by atoms with van der Waals surface area (Å²) >= 11 is 0. The van der Waals surface area contributed by atoms with Crippen LogP contribution in [0.3, 0.4) is 0 Å². The molecule has 0 unspecified atom stereocenters. The Hall–Kier alpha value is -3.88. The van der Waals surface area contributed by atoms with Gasteiger partial charge in [0.2, 0.25) is 0 Å². The Bertz CT molecular complexity index is 1010. The minimum Gasteiger partial charge on any atom is -0.493 e. The molecule has 3 rings (SSSR count). The Labute approximate surface area is 164 Å². The average molecular weight is 401 g/mol. The Balaban J connectivity index is 1.71. The highest BCUT2D eigenvalue weighted by molar-refractivity contribution is 6.01. The second-order valence-corrected chi connectivity index (χ2v) is 5.76. The van der Waals surface area contributed by atoms with Gasteiger partial charge >= 0.3 is 6.61 Å². The van der Waals surface area contributed by atoms with Gasteiger partial charge in [-0.15, -0.1) is 0 Å². The van der Waals surface area contributed by atoms with E-state index in [0.29, 0.717) is 11.3 Å². The fraction of sp³-hybridized carbons (Fsp3) is 0.100. The van der Waals surface area contributed by atoms with Gasteiger partial charge in [0.1, 0.15) is 0 Å². The van der Waals surface area contributed by atoms with Crippen LogP contribution in [0.5, 0.6) is 11.5 Å². The summed E-state index contributed by atoms with van der Waals surface area (Å²) in [5.41, 5.74) is 5.70. The van der Waals surface area contributed by atoms with E-state index in [1.165, 1.54) is 25.3 Å². The van der Waals surface area contributed by atoms with Crippen molar-refractivity contribution in [1.82, 2.24) is 15.4 Å². The van der Waals surface area contributed by atoms with E-state index >= 15 is 0 Å². The quantitative estimate of drug-likeness (QED) is 0.622. The van der Waals surface area contributed by atoms with Crippen molar-refractivity contribution in [1.29, 1.82) is 0 Å². The van der Waals surface area contributed by atoms with Crippen LogP contribution in [0.2, 0.25) is 0 Å². The van der Waals surface area contributed by atoms with Crippen LogP contribution in [0.25, 0.3) is 5.69 Å². The Morgan fingerprint density at radius 3 is 2.31 bits per heavy atom. The number of carbonyl (C=O) groups excluding carboxylic acids is 2. The van der Waals surface area contributed by atoms with Crippen molar-refractivity contribution < 1.29 is 27.8 Å². The van der Waals surface area contributed by atoms with Crippen molar-refractivity contribution in [3.8, 4) is 17.2 Å². The summed E-state index contributed by atoms with van der Waals surface area (Å²) in [5.74, 6) is -1.42. The van der Waals surface area contributed by atoms with E-state index in [1.54, 1.807) is 41.2 Å². The number of nitrogens with one attached hydrogen (secondary N) is 2. The van der Waals surface area contributed by atoms with Crippen LogP contribution < -0.4 is 20.3 Å². The summed E-state index contributed by atoms with van der Waals surface area (Å²) in [7, 11) is 1.26. The number of ether oxygens (including phenoxy) is 2. The van der Waals surface area contributed by atoms with Gasteiger partial charge in [-0.25, -0.2) is 0 Å². The van der Waals surface area contributed by atoms with Crippen LogP contribution in [0, 0.1) is 0 Å². The highest BCUT2D eigenvalue weighted by atomic mass is 19.3. The summed E-state index contributed by atoms with van der Waals surface area (Å²) in [5, 5.41) is 0. The molecule has 0 saturated carbocycles. The maximum absolute atomic E-state index is 12.5. The largest absolute Gasteiger partial charge is 0.493 e. The summed E-state index contributed by atoms with van der Waals surface area (Å²) in [6.07, 6.45) is 3.58. The molecule has 0 saturated heterocycles. The number of hydrogen-bond acceptors (Lipinski definition) is 4. The minimum absolute atomic E-state index is 0.0396. The lowest BCUT2D eigenvalue weighted by Crippen LogP contribution is -2.42. The van der Waals surface area contributed by atoms with E-state index in [9.17, 15) is 18.4 Å². The molecule has 0 spiro atoms. The first-order chi connectivity index (χ1) is 14.0. The summed E-state index contributed by atoms with van der Waals surface area (Å²) in [6.45, 7) is -3.02. The van der Waals surface area contributed by atoms with Crippen LogP contribution in [-0.4, -0.2) is 30.1 Å². The molecule has 7 nitrogen and oxygen atoms in total. The zero-order valence-corrected chi connectivity index (χ0v) is 15.3. The number of carbonyl (C=O) groups is 2. The number of methoxy groups -OCH3 is 1. The van der Waals surface area contributed by atoms with E-state index in [0.717, 1.165) is 0 Å². The van der Waals surface area contributed by atoms with Crippen LogP contribution in [0.15, 0.2) is 67.0 Å². The summed E-state index contributed by atoms with van der Waals surface area (Å²) < 4.78 is 35.8. The van der Waals surface area contributed by atoms with Crippen molar-refractivity contribution in [3.05, 3.63) is 78.1 Å². The molecule has 0 radical (unpaired) electrons. The van der Waals surface area contributed by atoms with Crippen molar-refractivity contribution in [2.24, 2.45) is 0 Å². The number of rotatable bonds is 6. The van der Waals surface area contributed by atoms with E-state index in [1.807, 2.05) is 12.1 Å². The summed E-state index contributed by atoms with van der Waals surface area (Å²) in [6, 6.07) is 14.2. The molecule has 0 aliphatic rings. The predicted molar refractivity (Wildman–Crippen MR) is 100 cm³/mol. The fourth-order valence-electron chi connectivity index (χ4n) is 2.64. The number of nitrogens with zero attached hydrogens (tertiary/aromatic N) is 1. The second kappa shape index (κ2) is 8.87. The topological polar surface area (TPSA) is 81.6 Å². The molecule has 1 heterocycles. The van der Waals surface area contributed by atoms with Crippen LogP contribution in [0.4, 0.5) is 8.78 Å². The summed E-state index contributed by atoms with van der Waals surface area (Å²) in [4.78, 5) is 24.8. The molecule has 2 N–H and O–H groups in total. The SMILES string of the molecule is COc1cc(C(=O)NNC(=O)c2ccccc2-n2cccc2)ccc1OC(F)F. The standard InChI is InChI=1S/C20H17F2N3O4/c1-28-17-12-13(8-9-16(17)29-20(21)22)18(26)23-24-19(27)14-6-2-3-7-15(14)25-10-4-5-11-25/h2-12,20H,1H3,(H,23,26)(H,24,27). The number of amides is 2. The van der Waals surface area contributed by atoms with Crippen LogP contribution in [-0.2, 0) is 0 Å². The van der Waals surface area contributed by atoms with Gasteiger partial charge in [0.15, 0.2) is 11.5 Å².